The van der Waals surface area contributed by atoms with Gasteiger partial charge in [0, 0.05) is 30.3 Å². The first-order valence-electron chi connectivity index (χ1n) is 5.76. The Labute approximate surface area is 107 Å². The molecule has 0 heterocycles. The Morgan fingerprint density at radius 1 is 1.47 bits per heavy atom. The Morgan fingerprint density at radius 3 is 2.71 bits per heavy atom. The van der Waals surface area contributed by atoms with Gasteiger partial charge in [-0.05, 0) is 38.0 Å². The summed E-state index contributed by atoms with van der Waals surface area (Å²) in [7, 11) is 0. The largest absolute Gasteiger partial charge is 0.396 e. The van der Waals surface area contributed by atoms with Crippen LogP contribution in [0.3, 0.4) is 0 Å². The second kappa shape index (κ2) is 6.62. The number of rotatable bonds is 5. The number of carbonyl (C=O) groups is 1. The molecule has 1 aromatic rings. The number of carbonyl (C=O) groups excluding carboxylic acids is 1. The molecule has 94 valence electrons. The van der Waals surface area contributed by atoms with Gasteiger partial charge in [0.2, 0.25) is 0 Å². The van der Waals surface area contributed by atoms with Gasteiger partial charge in [0.1, 0.15) is 0 Å². The first-order valence-corrected chi connectivity index (χ1v) is 6.14. The Morgan fingerprint density at radius 2 is 2.18 bits per heavy atom. The van der Waals surface area contributed by atoms with Crippen molar-refractivity contribution in [1.82, 2.24) is 4.90 Å². The van der Waals surface area contributed by atoms with Gasteiger partial charge in [-0.25, -0.2) is 0 Å². The molecule has 1 rings (SSSR count). The van der Waals surface area contributed by atoms with E-state index in [9.17, 15) is 4.79 Å². The van der Waals surface area contributed by atoms with Crippen molar-refractivity contribution in [2.24, 2.45) is 0 Å². The minimum atomic E-state index is -0.0390. The molecule has 17 heavy (non-hydrogen) atoms. The van der Waals surface area contributed by atoms with Crippen LogP contribution < -0.4 is 0 Å². The van der Waals surface area contributed by atoms with Gasteiger partial charge in [0.25, 0.3) is 5.91 Å². The average molecular weight is 256 g/mol. The van der Waals surface area contributed by atoms with E-state index in [2.05, 4.69) is 0 Å². The van der Waals surface area contributed by atoms with Crippen molar-refractivity contribution in [3.63, 3.8) is 0 Å². The molecule has 0 spiro atoms. The summed E-state index contributed by atoms with van der Waals surface area (Å²) in [6.07, 6.45) is 0.596. The fraction of sp³-hybridized carbons (Fsp3) is 0.462. The quantitative estimate of drug-likeness (QED) is 0.878. The SMILES string of the molecule is CCN(CCCO)C(=O)c1ccc(C)c(Cl)c1. The van der Waals surface area contributed by atoms with Crippen LogP contribution in [0.5, 0.6) is 0 Å². The van der Waals surface area contributed by atoms with Crippen molar-refractivity contribution in [2.75, 3.05) is 19.7 Å². The number of hydrogen-bond donors (Lipinski definition) is 1. The molecule has 0 saturated heterocycles. The van der Waals surface area contributed by atoms with Crippen molar-refractivity contribution in [2.45, 2.75) is 20.3 Å². The number of amides is 1. The monoisotopic (exact) mass is 255 g/mol. The smallest absolute Gasteiger partial charge is 0.253 e. The molecule has 0 aliphatic heterocycles. The van der Waals surface area contributed by atoms with E-state index >= 15 is 0 Å². The van der Waals surface area contributed by atoms with E-state index < -0.39 is 0 Å². The number of benzene rings is 1. The van der Waals surface area contributed by atoms with Crippen LogP contribution in [0.4, 0.5) is 0 Å². The summed E-state index contributed by atoms with van der Waals surface area (Å²) in [6, 6.07) is 5.32. The fourth-order valence-electron chi connectivity index (χ4n) is 1.57. The van der Waals surface area contributed by atoms with Crippen LogP contribution >= 0.6 is 11.6 Å². The van der Waals surface area contributed by atoms with Gasteiger partial charge >= 0.3 is 0 Å². The van der Waals surface area contributed by atoms with Crippen LogP contribution in [0.1, 0.15) is 29.3 Å². The van der Waals surface area contributed by atoms with Crippen molar-refractivity contribution >= 4 is 17.5 Å². The van der Waals surface area contributed by atoms with E-state index in [1.807, 2.05) is 19.9 Å². The van der Waals surface area contributed by atoms with Crippen LogP contribution in [0, 0.1) is 6.92 Å². The van der Waals surface area contributed by atoms with Crippen LogP contribution in [-0.4, -0.2) is 35.6 Å². The second-order valence-electron chi connectivity index (χ2n) is 3.93. The molecule has 0 aliphatic carbocycles. The average Bonchev–Trinajstić information content (AvgIpc) is 2.33. The third kappa shape index (κ3) is 3.72. The molecule has 0 aromatic heterocycles. The van der Waals surface area contributed by atoms with Gasteiger partial charge in [0.05, 0.1) is 0 Å². The minimum Gasteiger partial charge on any atom is -0.396 e. The van der Waals surface area contributed by atoms with Gasteiger partial charge in [0.15, 0.2) is 0 Å². The number of aliphatic hydroxyl groups is 1. The fourth-order valence-corrected chi connectivity index (χ4v) is 1.75. The molecular weight excluding hydrogens is 238 g/mol. The molecule has 0 fully saturated rings. The molecule has 0 bridgehead atoms. The highest BCUT2D eigenvalue weighted by atomic mass is 35.5. The van der Waals surface area contributed by atoms with Gasteiger partial charge in [-0.3, -0.25) is 4.79 Å². The lowest BCUT2D eigenvalue weighted by Gasteiger charge is -2.20. The van der Waals surface area contributed by atoms with Gasteiger partial charge in [-0.15, -0.1) is 0 Å². The number of hydrogen-bond acceptors (Lipinski definition) is 2. The number of aryl methyl sites for hydroxylation is 1. The molecule has 4 heteroatoms. The lowest BCUT2D eigenvalue weighted by Crippen LogP contribution is -2.32. The first-order chi connectivity index (χ1) is 8.10. The van der Waals surface area contributed by atoms with E-state index in [-0.39, 0.29) is 12.5 Å². The maximum atomic E-state index is 12.1. The van der Waals surface area contributed by atoms with E-state index in [1.165, 1.54) is 0 Å². The lowest BCUT2D eigenvalue weighted by atomic mass is 10.1. The van der Waals surface area contributed by atoms with Crippen molar-refractivity contribution in [3.8, 4) is 0 Å². The summed E-state index contributed by atoms with van der Waals surface area (Å²) in [4.78, 5) is 13.8. The lowest BCUT2D eigenvalue weighted by molar-refractivity contribution is 0.0754. The van der Waals surface area contributed by atoms with Gasteiger partial charge < -0.3 is 10.0 Å². The van der Waals surface area contributed by atoms with Crippen LogP contribution in [-0.2, 0) is 0 Å². The summed E-state index contributed by atoms with van der Waals surface area (Å²) >= 11 is 6.00. The first kappa shape index (κ1) is 14.0. The molecular formula is C13H18ClNO2. The number of aliphatic hydroxyl groups excluding tert-OH is 1. The molecule has 0 radical (unpaired) electrons. The molecule has 1 amide bonds. The Balaban J connectivity index is 2.82. The van der Waals surface area contributed by atoms with Crippen LogP contribution in [0.25, 0.3) is 0 Å². The van der Waals surface area contributed by atoms with Gasteiger partial charge in [-0.2, -0.15) is 0 Å². The van der Waals surface area contributed by atoms with E-state index in [0.29, 0.717) is 30.1 Å². The predicted octanol–water partition coefficient (Wildman–Crippen LogP) is 2.49. The summed E-state index contributed by atoms with van der Waals surface area (Å²) in [5.74, 6) is -0.0390. The summed E-state index contributed by atoms with van der Waals surface area (Å²) in [5, 5.41) is 9.39. The zero-order valence-electron chi connectivity index (χ0n) is 10.2. The molecule has 1 aromatic carbocycles. The maximum absolute atomic E-state index is 12.1. The zero-order valence-corrected chi connectivity index (χ0v) is 11.0. The van der Waals surface area contributed by atoms with E-state index in [0.717, 1.165) is 5.56 Å². The number of nitrogens with zero attached hydrogens (tertiary/aromatic N) is 1. The molecule has 0 aliphatic rings. The van der Waals surface area contributed by atoms with Crippen LogP contribution in [0.15, 0.2) is 18.2 Å². The topological polar surface area (TPSA) is 40.5 Å². The normalized spacial score (nSPS) is 10.4. The Bertz CT molecular complexity index is 393. The van der Waals surface area contributed by atoms with Crippen molar-refractivity contribution < 1.29 is 9.90 Å². The standard InChI is InChI=1S/C13H18ClNO2/c1-3-15(7-4-8-16)13(17)11-6-5-10(2)12(14)9-11/h5-6,9,16H,3-4,7-8H2,1-2H3. The third-order valence-corrected chi connectivity index (χ3v) is 3.08. The highest BCUT2D eigenvalue weighted by Gasteiger charge is 2.14. The zero-order chi connectivity index (χ0) is 12.8. The molecule has 3 nitrogen and oxygen atoms in total. The highest BCUT2D eigenvalue weighted by Crippen LogP contribution is 2.17. The van der Waals surface area contributed by atoms with Crippen molar-refractivity contribution in [1.29, 1.82) is 0 Å². The van der Waals surface area contributed by atoms with Crippen LogP contribution in [0.2, 0.25) is 5.02 Å². The molecule has 0 unspecified atom stereocenters. The summed E-state index contributed by atoms with van der Waals surface area (Å²) in [5.41, 5.74) is 1.56. The van der Waals surface area contributed by atoms with E-state index in [1.54, 1.807) is 17.0 Å². The summed E-state index contributed by atoms with van der Waals surface area (Å²) < 4.78 is 0. The Kier molecular flexibility index (Phi) is 5.45. The van der Waals surface area contributed by atoms with Gasteiger partial charge in [-0.1, -0.05) is 17.7 Å². The molecule has 1 N–H and O–H groups in total. The maximum Gasteiger partial charge on any atom is 0.253 e. The van der Waals surface area contributed by atoms with Crippen molar-refractivity contribution in [3.05, 3.63) is 34.3 Å². The minimum absolute atomic E-state index is 0.0390. The predicted molar refractivity (Wildman–Crippen MR) is 69.5 cm³/mol. The van der Waals surface area contributed by atoms with E-state index in [4.69, 9.17) is 16.7 Å². The highest BCUT2D eigenvalue weighted by molar-refractivity contribution is 6.31. The summed E-state index contributed by atoms with van der Waals surface area (Å²) in [6.45, 7) is 5.12. The second-order valence-corrected chi connectivity index (χ2v) is 4.33. The molecule has 0 saturated carbocycles. The third-order valence-electron chi connectivity index (χ3n) is 2.67. The Hall–Kier alpha value is -1.06. The molecule has 0 atom stereocenters. The number of halogens is 1.